The predicted octanol–water partition coefficient (Wildman–Crippen LogP) is 5.14. The Morgan fingerprint density at radius 2 is 1.56 bits per heavy atom. The van der Waals surface area contributed by atoms with Gasteiger partial charge >= 0.3 is 0 Å². The molecule has 1 atom stereocenters. The van der Waals surface area contributed by atoms with Gasteiger partial charge in [-0.25, -0.2) is 8.42 Å². The molecule has 0 aromatic heterocycles. The van der Waals surface area contributed by atoms with E-state index in [1.54, 1.807) is 16.4 Å². The van der Waals surface area contributed by atoms with Crippen molar-refractivity contribution in [2.24, 2.45) is 11.3 Å². The van der Waals surface area contributed by atoms with Crippen LogP contribution < -0.4 is 0 Å². The zero-order chi connectivity index (χ0) is 19.8. The average Bonchev–Trinajstić information content (AvgIpc) is 2.61. The van der Waals surface area contributed by atoms with Crippen LogP contribution in [0.25, 0.3) is 5.57 Å². The molecule has 0 N–H and O–H groups in total. The molecule has 3 rings (SSSR count). The molecule has 1 aliphatic rings. The highest BCUT2D eigenvalue weighted by Gasteiger charge is 2.37. The van der Waals surface area contributed by atoms with Crippen LogP contribution in [0, 0.1) is 18.3 Å². The van der Waals surface area contributed by atoms with Gasteiger partial charge in [0.1, 0.15) is 0 Å². The molecular weight excluding hydrogens is 354 g/mol. The quantitative estimate of drug-likeness (QED) is 0.736. The fraction of sp³-hybridized carbons (Fsp3) is 0.391. The zero-order valence-corrected chi connectivity index (χ0v) is 17.7. The van der Waals surface area contributed by atoms with Crippen LogP contribution in [0.5, 0.6) is 0 Å². The molecule has 2 aromatic carbocycles. The number of sulfonamides is 1. The van der Waals surface area contributed by atoms with Gasteiger partial charge in [-0.2, -0.15) is 4.31 Å². The Hall–Kier alpha value is -1.91. The second-order valence-corrected chi connectivity index (χ2v) is 10.5. The third-order valence-corrected chi connectivity index (χ3v) is 7.04. The van der Waals surface area contributed by atoms with Gasteiger partial charge in [0.05, 0.1) is 4.90 Å². The van der Waals surface area contributed by atoms with E-state index >= 15 is 0 Å². The highest BCUT2D eigenvalue weighted by molar-refractivity contribution is 7.89. The van der Waals surface area contributed by atoms with Crippen molar-refractivity contribution in [3.05, 3.63) is 71.3 Å². The topological polar surface area (TPSA) is 37.4 Å². The van der Waals surface area contributed by atoms with Crippen LogP contribution in [0.3, 0.4) is 0 Å². The van der Waals surface area contributed by atoms with Crippen LogP contribution in [0.15, 0.2) is 65.1 Å². The Balaban J connectivity index is 2.08. The molecule has 0 radical (unpaired) electrons. The van der Waals surface area contributed by atoms with E-state index in [0.29, 0.717) is 18.0 Å². The second-order valence-electron chi connectivity index (χ2n) is 8.52. The smallest absolute Gasteiger partial charge is 0.207 e. The summed E-state index contributed by atoms with van der Waals surface area (Å²) >= 11 is 0. The average molecular weight is 384 g/mol. The Morgan fingerprint density at radius 1 is 0.963 bits per heavy atom. The van der Waals surface area contributed by atoms with Crippen molar-refractivity contribution in [2.75, 3.05) is 13.1 Å². The van der Waals surface area contributed by atoms with Crippen molar-refractivity contribution in [3.8, 4) is 0 Å². The number of rotatable bonds is 3. The first-order chi connectivity index (χ1) is 12.6. The molecule has 0 saturated heterocycles. The normalized spacial score (nSPS) is 19.4. The minimum absolute atomic E-state index is 0.00962. The SMILES string of the molecule is Cc1ccc(S(=O)(=O)N2CC(c3ccccc3)=C(C(C)(C)C)C(C)C2)cc1. The van der Waals surface area contributed by atoms with E-state index in [0.717, 1.165) is 16.7 Å². The first kappa shape index (κ1) is 19.8. The fourth-order valence-electron chi connectivity index (χ4n) is 4.14. The van der Waals surface area contributed by atoms with E-state index in [1.165, 1.54) is 5.57 Å². The van der Waals surface area contributed by atoms with Crippen molar-refractivity contribution >= 4 is 15.6 Å². The van der Waals surface area contributed by atoms with Gasteiger partial charge in [0.25, 0.3) is 0 Å². The lowest BCUT2D eigenvalue weighted by Crippen LogP contribution is -2.42. The minimum atomic E-state index is -3.52. The fourth-order valence-corrected chi connectivity index (χ4v) is 5.64. The molecule has 1 heterocycles. The summed E-state index contributed by atoms with van der Waals surface area (Å²) in [5.41, 5.74) is 4.64. The monoisotopic (exact) mass is 383 g/mol. The summed E-state index contributed by atoms with van der Waals surface area (Å²) in [5.74, 6) is 0.161. The van der Waals surface area contributed by atoms with Crippen molar-refractivity contribution in [1.29, 1.82) is 0 Å². The molecule has 0 fully saturated rings. The maximum absolute atomic E-state index is 13.3. The third-order valence-electron chi connectivity index (χ3n) is 5.22. The molecule has 27 heavy (non-hydrogen) atoms. The molecule has 144 valence electrons. The number of aryl methyl sites for hydroxylation is 1. The van der Waals surface area contributed by atoms with E-state index < -0.39 is 10.0 Å². The first-order valence-corrected chi connectivity index (χ1v) is 10.9. The molecule has 4 heteroatoms. The second kappa shape index (κ2) is 7.25. The van der Waals surface area contributed by atoms with E-state index in [-0.39, 0.29) is 11.3 Å². The molecule has 1 unspecified atom stereocenters. The largest absolute Gasteiger partial charge is 0.243 e. The van der Waals surface area contributed by atoms with Crippen LogP contribution in [-0.2, 0) is 10.0 Å². The Labute approximate surface area is 163 Å². The lowest BCUT2D eigenvalue weighted by Gasteiger charge is -2.40. The van der Waals surface area contributed by atoms with Crippen LogP contribution in [0.4, 0.5) is 0 Å². The van der Waals surface area contributed by atoms with E-state index in [9.17, 15) is 8.42 Å². The van der Waals surface area contributed by atoms with Gasteiger partial charge in [-0.3, -0.25) is 0 Å². The van der Waals surface area contributed by atoms with Crippen LogP contribution in [0.1, 0.15) is 38.8 Å². The number of benzene rings is 2. The number of nitrogens with zero attached hydrogens (tertiary/aromatic N) is 1. The standard InChI is InChI=1S/C23H29NO2S/c1-17-11-13-20(14-12-17)27(25,26)24-15-18(2)22(23(3,4)5)21(16-24)19-9-7-6-8-10-19/h6-14,18H,15-16H2,1-5H3. The lowest BCUT2D eigenvalue weighted by atomic mass is 9.73. The number of hydrogen-bond acceptors (Lipinski definition) is 2. The summed E-state index contributed by atoms with van der Waals surface area (Å²) in [7, 11) is -3.52. The van der Waals surface area contributed by atoms with Crippen molar-refractivity contribution < 1.29 is 8.42 Å². The summed E-state index contributed by atoms with van der Waals surface area (Å²) in [6.07, 6.45) is 0. The Bertz CT molecular complexity index is 936. The van der Waals surface area contributed by atoms with Gasteiger partial charge < -0.3 is 0 Å². The van der Waals surface area contributed by atoms with Crippen LogP contribution in [0.2, 0.25) is 0 Å². The van der Waals surface area contributed by atoms with Crippen molar-refractivity contribution in [2.45, 2.75) is 39.5 Å². The number of hydrogen-bond donors (Lipinski definition) is 0. The maximum atomic E-state index is 13.3. The van der Waals surface area contributed by atoms with E-state index in [1.807, 2.05) is 37.3 Å². The zero-order valence-electron chi connectivity index (χ0n) is 16.9. The maximum Gasteiger partial charge on any atom is 0.243 e. The summed E-state index contributed by atoms with van der Waals surface area (Å²) in [4.78, 5) is 0.368. The first-order valence-electron chi connectivity index (χ1n) is 9.46. The van der Waals surface area contributed by atoms with Gasteiger partial charge in [-0.15, -0.1) is 0 Å². The van der Waals surface area contributed by atoms with Gasteiger partial charge in [0.2, 0.25) is 10.0 Å². The van der Waals surface area contributed by atoms with Crippen molar-refractivity contribution in [3.63, 3.8) is 0 Å². The van der Waals surface area contributed by atoms with Gasteiger partial charge in [0.15, 0.2) is 0 Å². The molecule has 2 aromatic rings. The molecule has 0 aliphatic carbocycles. The molecular formula is C23H29NO2S. The summed E-state index contributed by atoms with van der Waals surface area (Å²) in [6, 6.07) is 17.3. The highest BCUT2D eigenvalue weighted by Crippen LogP contribution is 2.42. The molecule has 0 amide bonds. The summed E-state index contributed by atoms with van der Waals surface area (Å²) in [5, 5.41) is 0. The summed E-state index contributed by atoms with van der Waals surface area (Å²) < 4.78 is 28.2. The molecule has 1 aliphatic heterocycles. The summed E-state index contributed by atoms with van der Waals surface area (Å²) in [6.45, 7) is 11.7. The van der Waals surface area contributed by atoms with Crippen LogP contribution in [-0.4, -0.2) is 25.8 Å². The lowest BCUT2D eigenvalue weighted by molar-refractivity contribution is 0.340. The third kappa shape index (κ3) is 4.02. The highest BCUT2D eigenvalue weighted by atomic mass is 32.2. The van der Waals surface area contributed by atoms with Gasteiger partial charge in [-0.1, -0.05) is 81.3 Å². The van der Waals surface area contributed by atoms with Gasteiger partial charge in [0, 0.05) is 13.1 Å². The van der Waals surface area contributed by atoms with Crippen LogP contribution >= 0.6 is 0 Å². The van der Waals surface area contributed by atoms with Crippen molar-refractivity contribution in [1.82, 2.24) is 4.31 Å². The van der Waals surface area contributed by atoms with E-state index in [2.05, 4.69) is 39.8 Å². The Kier molecular flexibility index (Phi) is 5.33. The predicted molar refractivity (Wildman–Crippen MR) is 112 cm³/mol. The van der Waals surface area contributed by atoms with Gasteiger partial charge in [-0.05, 0) is 41.5 Å². The molecule has 0 bridgehead atoms. The van der Waals surface area contributed by atoms with E-state index in [4.69, 9.17) is 0 Å². The Morgan fingerprint density at radius 3 is 2.11 bits per heavy atom. The minimum Gasteiger partial charge on any atom is -0.207 e. The molecule has 0 spiro atoms. The molecule has 3 nitrogen and oxygen atoms in total. The molecule has 0 saturated carbocycles.